The Balaban J connectivity index is 1.58. The van der Waals surface area contributed by atoms with E-state index in [0.29, 0.717) is 0 Å². The predicted octanol–water partition coefficient (Wildman–Crippen LogP) is 1.14. The number of hydrazine groups is 1. The van der Waals surface area contributed by atoms with Crippen LogP contribution in [0.4, 0.5) is 5.95 Å². The van der Waals surface area contributed by atoms with Crippen LogP contribution in [0.15, 0.2) is 42.7 Å². The van der Waals surface area contributed by atoms with Gasteiger partial charge in [0.1, 0.15) is 0 Å². The SMILES string of the molecule is O=S(=O)(CC1Cc2ccccc2C1)NNc1ncccn1. The zero-order valence-electron chi connectivity index (χ0n) is 11.4. The van der Waals surface area contributed by atoms with Crippen molar-refractivity contribution in [2.75, 3.05) is 11.2 Å². The zero-order chi connectivity index (χ0) is 14.7. The van der Waals surface area contributed by atoms with E-state index in [0.717, 1.165) is 12.8 Å². The molecule has 0 saturated heterocycles. The van der Waals surface area contributed by atoms with Crippen LogP contribution in [0.25, 0.3) is 0 Å². The Hall–Kier alpha value is -1.99. The molecule has 0 radical (unpaired) electrons. The van der Waals surface area contributed by atoms with Crippen molar-refractivity contribution < 1.29 is 8.42 Å². The first-order chi connectivity index (χ1) is 10.1. The molecule has 1 aromatic carbocycles. The highest BCUT2D eigenvalue weighted by molar-refractivity contribution is 7.89. The van der Waals surface area contributed by atoms with Crippen LogP contribution in [0.1, 0.15) is 11.1 Å². The van der Waals surface area contributed by atoms with Gasteiger partial charge in [0.2, 0.25) is 16.0 Å². The Labute approximate surface area is 123 Å². The van der Waals surface area contributed by atoms with Crippen molar-refractivity contribution >= 4 is 16.0 Å². The third-order valence-electron chi connectivity index (χ3n) is 3.47. The quantitative estimate of drug-likeness (QED) is 0.809. The number of aromatic nitrogens is 2. The van der Waals surface area contributed by atoms with E-state index in [1.807, 2.05) is 12.1 Å². The van der Waals surface area contributed by atoms with Gasteiger partial charge in [-0.15, -0.1) is 4.83 Å². The second-order valence-corrected chi connectivity index (χ2v) is 6.89. The van der Waals surface area contributed by atoms with Gasteiger partial charge in [0.15, 0.2) is 0 Å². The van der Waals surface area contributed by atoms with Crippen molar-refractivity contribution in [2.24, 2.45) is 5.92 Å². The van der Waals surface area contributed by atoms with Crippen LogP contribution in [0.2, 0.25) is 0 Å². The fraction of sp³-hybridized carbons (Fsp3) is 0.286. The highest BCUT2D eigenvalue weighted by Crippen LogP contribution is 2.27. The minimum Gasteiger partial charge on any atom is -0.276 e. The molecule has 6 nitrogen and oxygen atoms in total. The average Bonchev–Trinajstić information content (AvgIpc) is 2.87. The van der Waals surface area contributed by atoms with Gasteiger partial charge in [-0.1, -0.05) is 24.3 Å². The van der Waals surface area contributed by atoms with Gasteiger partial charge in [-0.25, -0.2) is 18.4 Å². The first kappa shape index (κ1) is 14.0. The van der Waals surface area contributed by atoms with E-state index in [2.05, 4.69) is 32.4 Å². The highest BCUT2D eigenvalue weighted by atomic mass is 32.2. The molecule has 1 aliphatic rings. The summed E-state index contributed by atoms with van der Waals surface area (Å²) in [7, 11) is -3.42. The molecule has 2 N–H and O–H groups in total. The van der Waals surface area contributed by atoms with E-state index < -0.39 is 10.0 Å². The second kappa shape index (κ2) is 5.79. The van der Waals surface area contributed by atoms with Crippen molar-refractivity contribution in [2.45, 2.75) is 12.8 Å². The minimum atomic E-state index is -3.42. The molecule has 0 spiro atoms. The maximum Gasteiger partial charge on any atom is 0.238 e. The number of anilines is 1. The third-order valence-corrected chi connectivity index (χ3v) is 4.80. The van der Waals surface area contributed by atoms with Gasteiger partial charge in [0.25, 0.3) is 0 Å². The third kappa shape index (κ3) is 3.56. The molecule has 21 heavy (non-hydrogen) atoms. The van der Waals surface area contributed by atoms with E-state index in [-0.39, 0.29) is 17.6 Å². The first-order valence-corrected chi connectivity index (χ1v) is 8.37. The lowest BCUT2D eigenvalue weighted by molar-refractivity contribution is 0.556. The van der Waals surface area contributed by atoms with Crippen molar-refractivity contribution in [1.82, 2.24) is 14.8 Å². The highest BCUT2D eigenvalue weighted by Gasteiger charge is 2.26. The summed E-state index contributed by atoms with van der Waals surface area (Å²) < 4.78 is 24.2. The van der Waals surface area contributed by atoms with Gasteiger partial charge in [-0.05, 0) is 36.0 Å². The summed E-state index contributed by atoms with van der Waals surface area (Å²) in [5.74, 6) is 0.427. The Morgan fingerprint density at radius 1 is 1.05 bits per heavy atom. The van der Waals surface area contributed by atoms with Crippen LogP contribution in [0.5, 0.6) is 0 Å². The molecule has 7 heteroatoms. The molecule has 0 fully saturated rings. The number of benzene rings is 1. The minimum absolute atomic E-state index is 0.0848. The Morgan fingerprint density at radius 2 is 1.67 bits per heavy atom. The molecule has 0 aliphatic heterocycles. The fourth-order valence-electron chi connectivity index (χ4n) is 2.61. The number of fused-ring (bicyclic) bond motifs is 1. The maximum absolute atomic E-state index is 12.1. The molecule has 0 bridgehead atoms. The molecular formula is C14H16N4O2S. The smallest absolute Gasteiger partial charge is 0.238 e. The van der Waals surface area contributed by atoms with Crippen LogP contribution in [-0.2, 0) is 22.9 Å². The summed E-state index contributed by atoms with van der Waals surface area (Å²) in [6.45, 7) is 0. The number of hydrogen-bond acceptors (Lipinski definition) is 5. The van der Waals surface area contributed by atoms with Gasteiger partial charge < -0.3 is 0 Å². The van der Waals surface area contributed by atoms with E-state index in [1.54, 1.807) is 6.07 Å². The van der Waals surface area contributed by atoms with Crippen LogP contribution < -0.4 is 10.3 Å². The van der Waals surface area contributed by atoms with Gasteiger partial charge in [-0.3, -0.25) is 5.43 Å². The molecule has 110 valence electrons. The number of nitrogens with zero attached hydrogens (tertiary/aromatic N) is 2. The van der Waals surface area contributed by atoms with Crippen molar-refractivity contribution in [3.8, 4) is 0 Å². The summed E-state index contributed by atoms with van der Waals surface area (Å²) in [4.78, 5) is 10.1. The standard InChI is InChI=1S/C14H16N4O2S/c19-21(20,18-17-14-15-6-3-7-16-14)10-11-8-12-4-1-2-5-13(12)9-11/h1-7,11,18H,8-10H2,(H,15,16,17). The van der Waals surface area contributed by atoms with Gasteiger partial charge >= 0.3 is 0 Å². The molecule has 2 aromatic rings. The molecule has 0 atom stereocenters. The normalized spacial score (nSPS) is 14.9. The summed E-state index contributed by atoms with van der Waals surface area (Å²) in [5, 5.41) is 0. The molecule has 0 amide bonds. The molecule has 1 heterocycles. The lowest BCUT2D eigenvalue weighted by Crippen LogP contribution is -2.35. The average molecular weight is 304 g/mol. The van der Waals surface area contributed by atoms with E-state index in [9.17, 15) is 8.42 Å². The number of hydrogen-bond donors (Lipinski definition) is 2. The lowest BCUT2D eigenvalue weighted by atomic mass is 10.1. The summed E-state index contributed by atoms with van der Waals surface area (Å²) in [5.41, 5.74) is 5.01. The fourth-order valence-corrected chi connectivity index (χ4v) is 3.79. The van der Waals surface area contributed by atoms with Crippen LogP contribution in [0, 0.1) is 5.92 Å². The van der Waals surface area contributed by atoms with Crippen LogP contribution in [-0.4, -0.2) is 24.1 Å². The van der Waals surface area contributed by atoms with E-state index in [4.69, 9.17) is 0 Å². The Bertz CT molecular complexity index is 694. The van der Waals surface area contributed by atoms with Gasteiger partial charge in [0.05, 0.1) is 5.75 Å². The van der Waals surface area contributed by atoms with Crippen LogP contribution in [0.3, 0.4) is 0 Å². The van der Waals surface area contributed by atoms with E-state index in [1.165, 1.54) is 23.5 Å². The molecule has 1 aliphatic carbocycles. The van der Waals surface area contributed by atoms with Crippen molar-refractivity contribution in [1.29, 1.82) is 0 Å². The topological polar surface area (TPSA) is 84.0 Å². The largest absolute Gasteiger partial charge is 0.276 e. The molecule has 1 aromatic heterocycles. The Morgan fingerprint density at radius 3 is 2.29 bits per heavy atom. The number of rotatable bonds is 5. The lowest BCUT2D eigenvalue weighted by Gasteiger charge is -2.11. The zero-order valence-corrected chi connectivity index (χ0v) is 12.2. The predicted molar refractivity (Wildman–Crippen MR) is 79.9 cm³/mol. The molecule has 0 saturated carbocycles. The number of sulfonamides is 1. The first-order valence-electron chi connectivity index (χ1n) is 6.72. The molecule has 0 unspecified atom stereocenters. The van der Waals surface area contributed by atoms with Crippen molar-refractivity contribution in [3.63, 3.8) is 0 Å². The second-order valence-electron chi connectivity index (χ2n) is 5.12. The summed E-state index contributed by atoms with van der Waals surface area (Å²) >= 11 is 0. The molecule has 3 rings (SSSR count). The number of nitrogens with one attached hydrogen (secondary N) is 2. The van der Waals surface area contributed by atoms with Crippen molar-refractivity contribution in [3.05, 3.63) is 53.9 Å². The van der Waals surface area contributed by atoms with Gasteiger partial charge in [-0.2, -0.15) is 0 Å². The molecular weight excluding hydrogens is 288 g/mol. The Kier molecular flexibility index (Phi) is 3.85. The maximum atomic E-state index is 12.1. The van der Waals surface area contributed by atoms with E-state index >= 15 is 0 Å². The summed E-state index contributed by atoms with van der Waals surface area (Å²) in [6, 6.07) is 9.76. The van der Waals surface area contributed by atoms with Crippen LogP contribution >= 0.6 is 0 Å². The van der Waals surface area contributed by atoms with Gasteiger partial charge in [0, 0.05) is 12.4 Å². The monoisotopic (exact) mass is 304 g/mol. The summed E-state index contributed by atoms with van der Waals surface area (Å²) in [6.07, 6.45) is 4.69.